The summed E-state index contributed by atoms with van der Waals surface area (Å²) in [6.07, 6.45) is 0.911. The van der Waals surface area contributed by atoms with E-state index in [0.717, 1.165) is 23.6 Å². The zero-order chi connectivity index (χ0) is 15.4. The number of halogens is 2. The van der Waals surface area contributed by atoms with Gasteiger partial charge in [-0.2, -0.15) is 0 Å². The Bertz CT molecular complexity index is 690. The maximum Gasteiger partial charge on any atom is 0.341 e. The zero-order valence-electron chi connectivity index (χ0n) is 10.9. The van der Waals surface area contributed by atoms with E-state index in [0.29, 0.717) is 5.00 Å². The smallest absolute Gasteiger partial charge is 0.341 e. The highest BCUT2D eigenvalue weighted by Crippen LogP contribution is 2.25. The molecule has 2 aromatic heterocycles. The van der Waals surface area contributed by atoms with Crippen LogP contribution >= 0.6 is 22.9 Å². The second kappa shape index (κ2) is 6.64. The van der Waals surface area contributed by atoms with Crippen molar-refractivity contribution >= 4 is 39.8 Å². The molecule has 0 unspecified atom stereocenters. The van der Waals surface area contributed by atoms with Gasteiger partial charge in [-0.3, -0.25) is 4.79 Å². The second-order valence-electron chi connectivity index (χ2n) is 3.83. The van der Waals surface area contributed by atoms with Crippen molar-refractivity contribution in [1.29, 1.82) is 0 Å². The molecule has 5 nitrogen and oxygen atoms in total. The van der Waals surface area contributed by atoms with Crippen LogP contribution in [0.4, 0.5) is 9.39 Å². The molecule has 0 atom stereocenters. The number of ether oxygens (including phenoxy) is 1. The average Bonchev–Trinajstić information content (AvgIpc) is 2.90. The average molecular weight is 329 g/mol. The lowest BCUT2D eigenvalue weighted by Crippen LogP contribution is -2.15. The fraction of sp³-hybridized carbons (Fsp3) is 0.154. The van der Waals surface area contributed by atoms with Crippen LogP contribution in [0.15, 0.2) is 23.7 Å². The summed E-state index contributed by atoms with van der Waals surface area (Å²) in [5.41, 5.74) is 0.121. The first-order chi connectivity index (χ1) is 10.0. The lowest BCUT2D eigenvalue weighted by Gasteiger charge is -2.07. The Morgan fingerprint density at radius 1 is 1.48 bits per heavy atom. The monoisotopic (exact) mass is 328 g/mol. The number of hydrogen-bond acceptors (Lipinski definition) is 5. The number of amides is 1. The highest BCUT2D eigenvalue weighted by molar-refractivity contribution is 7.14. The third-order valence-corrected chi connectivity index (χ3v) is 3.57. The molecule has 2 rings (SSSR count). The minimum atomic E-state index is -0.679. The van der Waals surface area contributed by atoms with Crippen LogP contribution < -0.4 is 5.32 Å². The van der Waals surface area contributed by atoms with Crippen LogP contribution in [0.1, 0.15) is 27.6 Å². The fourth-order valence-corrected chi connectivity index (χ4v) is 2.49. The van der Waals surface area contributed by atoms with Crippen molar-refractivity contribution in [3.05, 3.63) is 45.8 Å². The van der Waals surface area contributed by atoms with Crippen molar-refractivity contribution in [2.45, 2.75) is 6.92 Å². The van der Waals surface area contributed by atoms with Crippen molar-refractivity contribution in [3.63, 3.8) is 0 Å². The number of aromatic nitrogens is 1. The van der Waals surface area contributed by atoms with Crippen molar-refractivity contribution in [2.75, 3.05) is 11.9 Å². The highest BCUT2D eigenvalue weighted by atomic mass is 35.5. The van der Waals surface area contributed by atoms with Crippen molar-refractivity contribution in [1.82, 2.24) is 4.98 Å². The summed E-state index contributed by atoms with van der Waals surface area (Å²) >= 11 is 6.90. The molecule has 0 spiro atoms. The first kappa shape index (κ1) is 15.4. The van der Waals surface area contributed by atoms with Crippen LogP contribution in [0, 0.1) is 5.82 Å². The van der Waals surface area contributed by atoms with Gasteiger partial charge in [-0.15, -0.1) is 11.3 Å². The van der Waals surface area contributed by atoms with Crippen molar-refractivity contribution < 1.29 is 18.7 Å². The third-order valence-electron chi connectivity index (χ3n) is 2.44. The molecule has 1 amide bonds. The number of pyridine rings is 1. The van der Waals surface area contributed by atoms with Gasteiger partial charge in [-0.25, -0.2) is 14.2 Å². The van der Waals surface area contributed by atoms with E-state index >= 15 is 0 Å². The predicted octanol–water partition coefficient (Wildman–Crippen LogP) is 3.36. The zero-order valence-corrected chi connectivity index (χ0v) is 12.4. The number of esters is 1. The van der Waals surface area contributed by atoms with Gasteiger partial charge >= 0.3 is 5.97 Å². The van der Waals surface area contributed by atoms with E-state index in [1.807, 2.05) is 0 Å². The van der Waals surface area contributed by atoms with E-state index in [-0.39, 0.29) is 22.9 Å². The van der Waals surface area contributed by atoms with Crippen molar-refractivity contribution in [3.8, 4) is 0 Å². The number of hydrogen-bond donors (Lipinski definition) is 1. The molecule has 110 valence electrons. The molecule has 0 radical (unpaired) electrons. The maximum absolute atomic E-state index is 13.1. The number of nitrogens with one attached hydrogen (secondary N) is 1. The summed E-state index contributed by atoms with van der Waals surface area (Å²) in [6, 6.07) is 2.51. The minimum Gasteiger partial charge on any atom is -0.462 e. The lowest BCUT2D eigenvalue weighted by molar-refractivity contribution is 0.0528. The van der Waals surface area contributed by atoms with Crippen LogP contribution in [0.25, 0.3) is 0 Å². The number of nitrogens with zero attached hydrogens (tertiary/aromatic N) is 1. The largest absolute Gasteiger partial charge is 0.462 e. The van der Waals surface area contributed by atoms with Crippen LogP contribution in [-0.4, -0.2) is 23.5 Å². The molecule has 0 aliphatic rings. The molecule has 2 heterocycles. The van der Waals surface area contributed by atoms with Crippen LogP contribution in [-0.2, 0) is 4.74 Å². The van der Waals surface area contributed by atoms with E-state index in [1.165, 1.54) is 6.07 Å². The van der Waals surface area contributed by atoms with E-state index in [9.17, 15) is 14.0 Å². The van der Waals surface area contributed by atoms with Gasteiger partial charge in [0, 0.05) is 0 Å². The topological polar surface area (TPSA) is 68.3 Å². The molecule has 0 saturated carbocycles. The Balaban J connectivity index is 2.22. The van der Waals surface area contributed by atoms with E-state index in [2.05, 4.69) is 10.3 Å². The number of carbonyl (C=O) groups is 2. The maximum atomic E-state index is 13.1. The van der Waals surface area contributed by atoms with Crippen LogP contribution in [0.5, 0.6) is 0 Å². The fourth-order valence-electron chi connectivity index (χ4n) is 1.53. The first-order valence-electron chi connectivity index (χ1n) is 5.90. The quantitative estimate of drug-likeness (QED) is 0.690. The van der Waals surface area contributed by atoms with E-state index < -0.39 is 17.7 Å². The molecule has 1 N–H and O–H groups in total. The van der Waals surface area contributed by atoms with E-state index in [1.54, 1.807) is 12.3 Å². The number of thiophene rings is 1. The van der Waals surface area contributed by atoms with Crippen molar-refractivity contribution in [2.24, 2.45) is 0 Å². The molecule has 0 saturated heterocycles. The Morgan fingerprint density at radius 2 is 2.24 bits per heavy atom. The molecule has 0 aromatic carbocycles. The Morgan fingerprint density at radius 3 is 2.95 bits per heavy atom. The summed E-state index contributed by atoms with van der Waals surface area (Å²) in [5, 5.41) is 4.32. The lowest BCUT2D eigenvalue weighted by atomic mass is 10.2. The Hall–Kier alpha value is -1.99. The Labute approximate surface area is 128 Å². The van der Waals surface area contributed by atoms with Gasteiger partial charge in [0.1, 0.15) is 16.0 Å². The van der Waals surface area contributed by atoms with Gasteiger partial charge in [-0.05, 0) is 24.4 Å². The van der Waals surface area contributed by atoms with Gasteiger partial charge in [-0.1, -0.05) is 11.6 Å². The molecule has 0 bridgehead atoms. The van der Waals surface area contributed by atoms with Gasteiger partial charge in [0.15, 0.2) is 0 Å². The SMILES string of the molecule is CCOC(=O)c1ccsc1NC(=O)c1cc(F)cnc1Cl. The number of anilines is 1. The molecule has 21 heavy (non-hydrogen) atoms. The summed E-state index contributed by atoms with van der Waals surface area (Å²) in [4.78, 5) is 27.3. The van der Waals surface area contributed by atoms with E-state index in [4.69, 9.17) is 16.3 Å². The van der Waals surface area contributed by atoms with Gasteiger partial charge in [0.25, 0.3) is 5.91 Å². The Kier molecular flexibility index (Phi) is 4.87. The summed E-state index contributed by atoms with van der Waals surface area (Å²) < 4.78 is 18.0. The minimum absolute atomic E-state index is 0.111. The van der Waals surface area contributed by atoms with Gasteiger partial charge in [0.2, 0.25) is 0 Å². The second-order valence-corrected chi connectivity index (χ2v) is 5.10. The summed E-state index contributed by atoms with van der Waals surface area (Å²) in [7, 11) is 0. The molecule has 2 aromatic rings. The van der Waals surface area contributed by atoms with Gasteiger partial charge in [0.05, 0.1) is 23.9 Å². The number of carbonyl (C=O) groups excluding carboxylic acids is 2. The molecule has 8 heteroatoms. The molecule has 0 aliphatic carbocycles. The molecule has 0 fully saturated rings. The summed E-state index contributed by atoms with van der Waals surface area (Å²) in [6.45, 7) is 1.91. The molecule has 0 aliphatic heterocycles. The predicted molar refractivity (Wildman–Crippen MR) is 77.4 cm³/mol. The molecular weight excluding hydrogens is 319 g/mol. The summed E-state index contributed by atoms with van der Waals surface area (Å²) in [5.74, 6) is -1.88. The van der Waals surface area contributed by atoms with Gasteiger partial charge < -0.3 is 10.1 Å². The highest BCUT2D eigenvalue weighted by Gasteiger charge is 2.19. The standard InChI is InChI=1S/C13H10ClFN2O3S/c1-2-20-13(19)8-3-4-21-12(8)17-11(18)9-5-7(15)6-16-10(9)14/h3-6H,2H2,1H3,(H,17,18). The normalized spacial score (nSPS) is 10.2. The van der Waals surface area contributed by atoms with Crippen LogP contribution in [0.2, 0.25) is 5.15 Å². The third kappa shape index (κ3) is 3.56. The molecular formula is C13H10ClFN2O3S. The van der Waals surface area contributed by atoms with Crippen LogP contribution in [0.3, 0.4) is 0 Å². The number of rotatable bonds is 4. The first-order valence-corrected chi connectivity index (χ1v) is 7.15.